The quantitative estimate of drug-likeness (QED) is 0.573. The van der Waals surface area contributed by atoms with E-state index in [4.69, 9.17) is 4.74 Å². The summed E-state index contributed by atoms with van der Waals surface area (Å²) in [6, 6.07) is 5.37. The average molecular weight is 424 g/mol. The smallest absolute Gasteiger partial charge is 0.417 e. The van der Waals surface area contributed by atoms with E-state index in [2.05, 4.69) is 15.3 Å². The largest absolute Gasteiger partial charge is 0.441 e. The molecule has 3 heterocycles. The second-order valence-electron chi connectivity index (χ2n) is 7.70. The molecular weight excluding hydrogens is 404 g/mol. The van der Waals surface area contributed by atoms with Crippen molar-refractivity contribution in [1.29, 1.82) is 0 Å². The van der Waals surface area contributed by atoms with Gasteiger partial charge >= 0.3 is 12.3 Å². The van der Waals surface area contributed by atoms with Crippen molar-refractivity contribution in [3.8, 4) is 0 Å². The van der Waals surface area contributed by atoms with Gasteiger partial charge < -0.3 is 10.1 Å². The fourth-order valence-corrected chi connectivity index (χ4v) is 3.97. The summed E-state index contributed by atoms with van der Waals surface area (Å²) >= 11 is 0. The molecule has 0 atom stereocenters. The molecule has 30 heavy (non-hydrogen) atoms. The summed E-state index contributed by atoms with van der Waals surface area (Å²) in [5, 5.41) is 3.07. The third-order valence-electron chi connectivity index (χ3n) is 5.68. The van der Waals surface area contributed by atoms with Gasteiger partial charge in [-0.15, -0.1) is 0 Å². The Morgan fingerprint density at radius 3 is 2.60 bits per heavy atom. The van der Waals surface area contributed by atoms with Crippen LogP contribution in [0.25, 0.3) is 0 Å². The molecule has 2 aromatic rings. The molecule has 1 saturated heterocycles. The van der Waals surface area contributed by atoms with Gasteiger partial charge in [-0.1, -0.05) is 0 Å². The molecule has 0 aromatic carbocycles. The van der Waals surface area contributed by atoms with E-state index >= 15 is 0 Å². The molecule has 0 bridgehead atoms. The molecule has 1 aliphatic heterocycles. The van der Waals surface area contributed by atoms with E-state index in [-0.39, 0.29) is 18.2 Å². The minimum Gasteiger partial charge on any atom is -0.441 e. The molecule has 2 aliphatic rings. The van der Waals surface area contributed by atoms with Crippen LogP contribution in [0.3, 0.4) is 0 Å². The van der Waals surface area contributed by atoms with Crippen LogP contribution in [0.5, 0.6) is 0 Å². The molecule has 10 heteroatoms. The monoisotopic (exact) mass is 424 g/mol. The summed E-state index contributed by atoms with van der Waals surface area (Å²) in [7, 11) is 0. The highest BCUT2D eigenvalue weighted by Gasteiger charge is 2.48. The maximum absolute atomic E-state index is 13.9. The Balaban J connectivity index is 1.31. The number of hydrogen-bond donors (Lipinski definition) is 1. The Bertz CT molecular complexity index is 912. The molecule has 2 aromatic heterocycles. The van der Waals surface area contributed by atoms with E-state index < -0.39 is 29.4 Å². The molecule has 1 N–H and O–H groups in total. The number of nitrogens with one attached hydrogen (secondary N) is 1. The first kappa shape index (κ1) is 20.4. The fraction of sp³-hybridized carbons (Fsp3) is 0.450. The molecule has 0 radical (unpaired) electrons. The highest BCUT2D eigenvalue weighted by atomic mass is 19.4. The first-order valence-electron chi connectivity index (χ1n) is 9.64. The number of carbonyl (C=O) groups is 1. The van der Waals surface area contributed by atoms with E-state index in [1.165, 1.54) is 23.2 Å². The highest BCUT2D eigenvalue weighted by molar-refractivity contribution is 5.90. The predicted molar refractivity (Wildman–Crippen MR) is 100 cm³/mol. The van der Waals surface area contributed by atoms with Gasteiger partial charge in [0.05, 0.1) is 12.1 Å². The number of anilines is 2. The second-order valence-corrected chi connectivity index (χ2v) is 7.70. The molecule has 6 nitrogen and oxygen atoms in total. The molecular formula is C20H20F4N4O2. The number of aromatic nitrogens is 2. The van der Waals surface area contributed by atoms with Gasteiger partial charge in [0.1, 0.15) is 17.1 Å². The number of amides is 1. The van der Waals surface area contributed by atoms with E-state index in [1.54, 1.807) is 6.07 Å². The number of nitrogens with zero attached hydrogens (tertiary/aromatic N) is 3. The molecule has 1 amide bonds. The van der Waals surface area contributed by atoms with Crippen LogP contribution in [-0.4, -0.2) is 34.8 Å². The van der Waals surface area contributed by atoms with Crippen molar-refractivity contribution >= 4 is 17.6 Å². The molecule has 0 unspecified atom stereocenters. The normalized spacial score (nSPS) is 24.2. The van der Waals surface area contributed by atoms with Gasteiger partial charge in [-0.05, 0) is 55.9 Å². The zero-order chi connectivity index (χ0) is 21.4. The van der Waals surface area contributed by atoms with Crippen molar-refractivity contribution < 1.29 is 27.1 Å². The SMILES string of the molecule is O=C1OC2(CCC(CNc3ccc(C(F)(F)F)cn3)CC2)CN1c1cccnc1F. The third-order valence-corrected chi connectivity index (χ3v) is 5.68. The van der Waals surface area contributed by atoms with Crippen molar-refractivity contribution in [2.24, 2.45) is 5.92 Å². The first-order chi connectivity index (χ1) is 14.3. The van der Waals surface area contributed by atoms with E-state index in [1.807, 2.05) is 0 Å². The van der Waals surface area contributed by atoms with Crippen LogP contribution in [0.1, 0.15) is 31.2 Å². The number of rotatable bonds is 4. The van der Waals surface area contributed by atoms with E-state index in [0.717, 1.165) is 25.1 Å². The maximum atomic E-state index is 13.9. The lowest BCUT2D eigenvalue weighted by Crippen LogP contribution is -2.39. The maximum Gasteiger partial charge on any atom is 0.417 e. The van der Waals surface area contributed by atoms with Gasteiger partial charge in [0.15, 0.2) is 0 Å². The number of carbonyl (C=O) groups excluding carboxylic acids is 1. The van der Waals surface area contributed by atoms with Gasteiger partial charge in [0.25, 0.3) is 0 Å². The number of alkyl halides is 3. The predicted octanol–water partition coefficient (Wildman–Crippen LogP) is 4.63. The zero-order valence-corrected chi connectivity index (χ0v) is 16.0. The third kappa shape index (κ3) is 4.17. The Morgan fingerprint density at radius 1 is 1.20 bits per heavy atom. The van der Waals surface area contributed by atoms with Crippen molar-refractivity contribution in [3.05, 3.63) is 48.2 Å². The van der Waals surface area contributed by atoms with E-state index in [9.17, 15) is 22.4 Å². The van der Waals surface area contributed by atoms with Crippen LogP contribution in [0.4, 0.5) is 33.9 Å². The minimum atomic E-state index is -4.41. The van der Waals surface area contributed by atoms with Crippen molar-refractivity contribution in [3.63, 3.8) is 0 Å². The molecule has 2 fully saturated rings. The van der Waals surface area contributed by atoms with Gasteiger partial charge in [-0.25, -0.2) is 14.8 Å². The van der Waals surface area contributed by atoms with Crippen molar-refractivity contribution in [2.45, 2.75) is 37.5 Å². The number of pyridine rings is 2. The Kier molecular flexibility index (Phi) is 5.25. The van der Waals surface area contributed by atoms with Crippen molar-refractivity contribution in [2.75, 3.05) is 23.3 Å². The van der Waals surface area contributed by atoms with Crippen molar-refractivity contribution in [1.82, 2.24) is 9.97 Å². The highest BCUT2D eigenvalue weighted by Crippen LogP contribution is 2.41. The topological polar surface area (TPSA) is 67.3 Å². The lowest BCUT2D eigenvalue weighted by molar-refractivity contribution is -0.137. The van der Waals surface area contributed by atoms with Crippen LogP contribution < -0.4 is 10.2 Å². The lowest BCUT2D eigenvalue weighted by Gasteiger charge is -2.35. The first-order valence-corrected chi connectivity index (χ1v) is 9.64. The summed E-state index contributed by atoms with van der Waals surface area (Å²) in [4.78, 5) is 21.0. The standard InChI is InChI=1S/C20H20F4N4O2/c21-17-15(2-1-9-25-17)28-12-19(30-18(28)29)7-5-13(6-8-19)10-26-16-4-3-14(11-27-16)20(22,23)24/h1-4,9,11,13H,5-8,10,12H2,(H,26,27). The molecule has 4 rings (SSSR count). The molecule has 160 valence electrons. The lowest BCUT2D eigenvalue weighted by atomic mass is 9.78. The number of hydrogen-bond acceptors (Lipinski definition) is 5. The second kappa shape index (κ2) is 7.73. The van der Waals surface area contributed by atoms with Gasteiger partial charge in [0.2, 0.25) is 5.95 Å². The van der Waals surface area contributed by atoms with Gasteiger partial charge in [0, 0.05) is 18.9 Å². The average Bonchev–Trinajstić information content (AvgIpc) is 3.03. The molecule has 1 saturated carbocycles. The summed E-state index contributed by atoms with van der Waals surface area (Å²) in [6.45, 7) is 0.832. The van der Waals surface area contributed by atoms with Crippen LogP contribution in [0, 0.1) is 11.9 Å². The molecule has 1 spiro atoms. The minimum absolute atomic E-state index is 0.108. The van der Waals surface area contributed by atoms with Crippen LogP contribution in [0.15, 0.2) is 36.7 Å². The van der Waals surface area contributed by atoms with E-state index in [0.29, 0.717) is 25.2 Å². The summed E-state index contributed by atoms with van der Waals surface area (Å²) in [5.74, 6) is -0.0650. The number of halogens is 4. The van der Waals surface area contributed by atoms with Crippen LogP contribution in [-0.2, 0) is 10.9 Å². The Morgan fingerprint density at radius 2 is 1.97 bits per heavy atom. The fourth-order valence-electron chi connectivity index (χ4n) is 3.97. The summed E-state index contributed by atoms with van der Waals surface area (Å²) in [6.07, 6.45) is -0.0636. The molecule has 1 aliphatic carbocycles. The Labute approximate surface area is 170 Å². The van der Waals surface area contributed by atoms with Crippen LogP contribution >= 0.6 is 0 Å². The summed E-state index contributed by atoms with van der Waals surface area (Å²) in [5.41, 5.74) is -1.33. The van der Waals surface area contributed by atoms with Gasteiger partial charge in [-0.3, -0.25) is 4.90 Å². The van der Waals surface area contributed by atoms with Gasteiger partial charge in [-0.2, -0.15) is 17.6 Å². The zero-order valence-electron chi connectivity index (χ0n) is 16.0. The summed E-state index contributed by atoms with van der Waals surface area (Å²) < 4.78 is 57.4. The number of ether oxygens (including phenoxy) is 1. The van der Waals surface area contributed by atoms with Crippen LogP contribution in [0.2, 0.25) is 0 Å². The Hall–Kier alpha value is -2.91.